The van der Waals surface area contributed by atoms with Gasteiger partial charge in [0, 0.05) is 42.3 Å². The topological polar surface area (TPSA) is 54.2 Å². The molecule has 23 heavy (non-hydrogen) atoms. The maximum absolute atomic E-state index is 10.0. The molecule has 0 unspecified atom stereocenters. The highest BCUT2D eigenvalue weighted by Gasteiger charge is 2.40. The van der Waals surface area contributed by atoms with Crippen LogP contribution in [0.3, 0.4) is 0 Å². The minimum atomic E-state index is -0.142. The highest BCUT2D eigenvalue weighted by Crippen LogP contribution is 2.39. The van der Waals surface area contributed by atoms with Gasteiger partial charge in [-0.1, -0.05) is 0 Å². The molecule has 2 fully saturated rings. The van der Waals surface area contributed by atoms with Crippen molar-refractivity contribution in [2.45, 2.75) is 43.9 Å². The van der Waals surface area contributed by atoms with Gasteiger partial charge in [-0.2, -0.15) is 0 Å². The third kappa shape index (κ3) is 1.83. The van der Waals surface area contributed by atoms with E-state index in [1.807, 2.05) is 18.5 Å². The van der Waals surface area contributed by atoms with Gasteiger partial charge in [0.05, 0.1) is 11.6 Å². The van der Waals surface area contributed by atoms with Gasteiger partial charge in [-0.15, -0.1) is 0 Å². The SMILES string of the molecule is Cn1c2ccncc2c2ccc(N3[C@@H]4CC[C@H]3C[C@@H](O)C4)nc21. The molecule has 5 heterocycles. The first-order valence-electron chi connectivity index (χ1n) is 8.38. The standard InChI is InChI=1S/C18H20N4O/c1-21-16-6-7-19-10-15(16)14-4-5-17(20-18(14)21)22-11-2-3-12(22)9-13(23)8-11/h4-7,10-13,23H,2-3,8-9H2,1H3/t11-,12+,13+. The van der Waals surface area contributed by atoms with Crippen LogP contribution < -0.4 is 4.90 Å². The highest BCUT2D eigenvalue weighted by molar-refractivity contribution is 6.06. The molecule has 5 nitrogen and oxygen atoms in total. The van der Waals surface area contributed by atoms with Crippen molar-refractivity contribution in [2.24, 2.45) is 7.05 Å². The van der Waals surface area contributed by atoms with Crippen LogP contribution in [0, 0.1) is 0 Å². The molecule has 3 aromatic rings. The Labute approximate surface area is 134 Å². The minimum Gasteiger partial charge on any atom is -0.393 e. The lowest BCUT2D eigenvalue weighted by molar-refractivity contribution is 0.126. The average molecular weight is 308 g/mol. The fourth-order valence-corrected chi connectivity index (χ4v) is 4.57. The molecule has 2 bridgehead atoms. The molecule has 118 valence electrons. The average Bonchev–Trinajstić information content (AvgIpc) is 3.00. The zero-order chi connectivity index (χ0) is 15.6. The van der Waals surface area contributed by atoms with Gasteiger partial charge in [-0.25, -0.2) is 4.98 Å². The summed E-state index contributed by atoms with van der Waals surface area (Å²) in [5.74, 6) is 1.05. The molecule has 5 rings (SSSR count). The summed E-state index contributed by atoms with van der Waals surface area (Å²) in [4.78, 5) is 11.7. The van der Waals surface area contributed by atoms with Crippen molar-refractivity contribution in [3.05, 3.63) is 30.6 Å². The number of aromatic nitrogens is 3. The van der Waals surface area contributed by atoms with Crippen LogP contribution in [0.5, 0.6) is 0 Å². The summed E-state index contributed by atoms with van der Waals surface area (Å²) in [5, 5.41) is 12.3. The Kier molecular flexibility index (Phi) is 2.71. The van der Waals surface area contributed by atoms with E-state index in [-0.39, 0.29) is 6.10 Å². The number of aryl methyl sites for hydroxylation is 1. The molecule has 0 radical (unpaired) electrons. The number of aliphatic hydroxyl groups is 1. The van der Waals surface area contributed by atoms with Crippen molar-refractivity contribution in [3.63, 3.8) is 0 Å². The minimum absolute atomic E-state index is 0.142. The van der Waals surface area contributed by atoms with Crippen LogP contribution in [0.25, 0.3) is 21.9 Å². The summed E-state index contributed by atoms with van der Waals surface area (Å²) >= 11 is 0. The van der Waals surface area contributed by atoms with E-state index in [9.17, 15) is 5.11 Å². The molecule has 0 spiro atoms. The summed E-state index contributed by atoms with van der Waals surface area (Å²) in [5.41, 5.74) is 2.17. The van der Waals surface area contributed by atoms with E-state index in [0.717, 1.165) is 40.6 Å². The number of rotatable bonds is 1. The molecule has 0 aromatic carbocycles. The number of anilines is 1. The van der Waals surface area contributed by atoms with Crippen molar-refractivity contribution < 1.29 is 5.11 Å². The molecule has 2 saturated heterocycles. The summed E-state index contributed by atoms with van der Waals surface area (Å²) in [7, 11) is 2.07. The number of aliphatic hydroxyl groups excluding tert-OH is 1. The quantitative estimate of drug-likeness (QED) is 0.751. The number of pyridine rings is 2. The highest BCUT2D eigenvalue weighted by atomic mass is 16.3. The first-order chi connectivity index (χ1) is 11.2. The van der Waals surface area contributed by atoms with Crippen molar-refractivity contribution >= 4 is 27.8 Å². The van der Waals surface area contributed by atoms with E-state index in [1.165, 1.54) is 12.8 Å². The van der Waals surface area contributed by atoms with E-state index in [1.54, 1.807) is 0 Å². The van der Waals surface area contributed by atoms with Crippen molar-refractivity contribution in [2.75, 3.05) is 4.90 Å². The Morgan fingerprint density at radius 2 is 1.87 bits per heavy atom. The molecular formula is C18H20N4O. The van der Waals surface area contributed by atoms with Gasteiger partial charge in [-0.3, -0.25) is 4.98 Å². The summed E-state index contributed by atoms with van der Waals surface area (Å²) in [6, 6.07) is 7.22. The first kappa shape index (κ1) is 13.3. The predicted octanol–water partition coefficient (Wildman–Crippen LogP) is 2.61. The Morgan fingerprint density at radius 1 is 1.09 bits per heavy atom. The second kappa shape index (κ2) is 4.68. The second-order valence-corrected chi connectivity index (χ2v) is 6.91. The van der Waals surface area contributed by atoms with E-state index in [4.69, 9.17) is 4.98 Å². The summed E-state index contributed by atoms with van der Waals surface area (Å²) in [6.45, 7) is 0. The molecule has 3 aromatic heterocycles. The van der Waals surface area contributed by atoms with Crippen LogP contribution in [-0.4, -0.2) is 37.8 Å². The van der Waals surface area contributed by atoms with E-state index in [2.05, 4.69) is 33.6 Å². The molecule has 1 N–H and O–H groups in total. The molecular weight excluding hydrogens is 288 g/mol. The maximum atomic E-state index is 10.0. The maximum Gasteiger partial charge on any atom is 0.143 e. The van der Waals surface area contributed by atoms with E-state index >= 15 is 0 Å². The van der Waals surface area contributed by atoms with Crippen LogP contribution >= 0.6 is 0 Å². The zero-order valence-corrected chi connectivity index (χ0v) is 13.2. The van der Waals surface area contributed by atoms with Crippen LogP contribution in [-0.2, 0) is 7.05 Å². The fourth-order valence-electron chi connectivity index (χ4n) is 4.57. The third-order valence-corrected chi connectivity index (χ3v) is 5.60. The largest absolute Gasteiger partial charge is 0.393 e. The molecule has 0 saturated carbocycles. The van der Waals surface area contributed by atoms with Crippen LogP contribution in [0.4, 0.5) is 5.82 Å². The number of fused-ring (bicyclic) bond motifs is 5. The number of hydrogen-bond donors (Lipinski definition) is 1. The van der Waals surface area contributed by atoms with E-state index < -0.39 is 0 Å². The Morgan fingerprint density at radius 3 is 2.65 bits per heavy atom. The Balaban J connectivity index is 1.66. The molecule has 0 aliphatic carbocycles. The summed E-state index contributed by atoms with van der Waals surface area (Å²) < 4.78 is 2.15. The van der Waals surface area contributed by atoms with Crippen LogP contribution in [0.15, 0.2) is 30.6 Å². The molecule has 2 aliphatic heterocycles. The van der Waals surface area contributed by atoms with Gasteiger partial charge < -0.3 is 14.6 Å². The molecule has 5 heteroatoms. The lowest BCUT2D eigenvalue weighted by atomic mass is 10.00. The number of nitrogens with zero attached hydrogens (tertiary/aromatic N) is 4. The van der Waals surface area contributed by atoms with Gasteiger partial charge in [0.15, 0.2) is 0 Å². The predicted molar refractivity (Wildman–Crippen MR) is 90.5 cm³/mol. The van der Waals surface area contributed by atoms with E-state index in [0.29, 0.717) is 12.1 Å². The number of piperidine rings is 1. The zero-order valence-electron chi connectivity index (χ0n) is 13.2. The smallest absolute Gasteiger partial charge is 0.143 e. The second-order valence-electron chi connectivity index (χ2n) is 6.91. The van der Waals surface area contributed by atoms with Crippen LogP contribution in [0.2, 0.25) is 0 Å². The van der Waals surface area contributed by atoms with Crippen LogP contribution in [0.1, 0.15) is 25.7 Å². The lowest BCUT2D eigenvalue weighted by Gasteiger charge is -2.38. The third-order valence-electron chi connectivity index (χ3n) is 5.60. The fraction of sp³-hybridized carbons (Fsp3) is 0.444. The lowest BCUT2D eigenvalue weighted by Crippen LogP contribution is -2.45. The van der Waals surface area contributed by atoms with Gasteiger partial charge in [-0.05, 0) is 43.9 Å². The van der Waals surface area contributed by atoms with Crippen molar-refractivity contribution in [1.82, 2.24) is 14.5 Å². The Bertz CT molecular complexity index is 889. The summed E-state index contributed by atoms with van der Waals surface area (Å²) in [6.07, 6.45) is 7.68. The molecule has 3 atom stereocenters. The monoisotopic (exact) mass is 308 g/mol. The van der Waals surface area contributed by atoms with Crippen molar-refractivity contribution in [3.8, 4) is 0 Å². The molecule has 2 aliphatic rings. The number of hydrogen-bond acceptors (Lipinski definition) is 4. The normalized spacial score (nSPS) is 27.2. The Hall–Kier alpha value is -2.14. The van der Waals surface area contributed by atoms with Gasteiger partial charge in [0.25, 0.3) is 0 Å². The van der Waals surface area contributed by atoms with Crippen molar-refractivity contribution in [1.29, 1.82) is 0 Å². The van der Waals surface area contributed by atoms with Gasteiger partial charge in [0.1, 0.15) is 11.5 Å². The van der Waals surface area contributed by atoms with Gasteiger partial charge in [0.2, 0.25) is 0 Å². The first-order valence-corrected chi connectivity index (χ1v) is 8.38. The van der Waals surface area contributed by atoms with Gasteiger partial charge >= 0.3 is 0 Å². The molecule has 0 amide bonds.